The van der Waals surface area contributed by atoms with Crippen LogP contribution in [0.15, 0.2) is 59.6 Å². The monoisotopic (exact) mass is 553 g/mol. The van der Waals surface area contributed by atoms with Gasteiger partial charge in [0.1, 0.15) is 12.4 Å². The summed E-state index contributed by atoms with van der Waals surface area (Å²) in [6, 6.07) is 16.1. The number of benzene rings is 2. The van der Waals surface area contributed by atoms with Crippen LogP contribution in [0.3, 0.4) is 0 Å². The number of methoxy groups -OCH3 is 1. The molecule has 0 saturated carbocycles. The first kappa shape index (κ1) is 28.9. The lowest BCUT2D eigenvalue weighted by molar-refractivity contribution is -0.140. The molecule has 1 aromatic heterocycles. The molecule has 0 spiro atoms. The van der Waals surface area contributed by atoms with Gasteiger partial charge in [0.25, 0.3) is 0 Å². The van der Waals surface area contributed by atoms with E-state index < -0.39 is 10.0 Å². The van der Waals surface area contributed by atoms with Gasteiger partial charge in [-0.05, 0) is 74.1 Å². The summed E-state index contributed by atoms with van der Waals surface area (Å²) in [5.74, 6) is 0.587. The summed E-state index contributed by atoms with van der Waals surface area (Å²) in [6.07, 6.45) is 3.75. The SMILES string of the molecule is COc1cc(C)c(S(=O)(=O)N(C)CCOCC(=O)N2CCn3cccc3C2CCc2ccccc2)c(C)c1C. The molecule has 1 atom stereocenters. The van der Waals surface area contributed by atoms with Gasteiger partial charge >= 0.3 is 0 Å². The molecule has 0 fully saturated rings. The summed E-state index contributed by atoms with van der Waals surface area (Å²) in [5.41, 5.74) is 4.48. The van der Waals surface area contributed by atoms with E-state index in [2.05, 4.69) is 29.0 Å². The van der Waals surface area contributed by atoms with E-state index in [-0.39, 0.29) is 36.6 Å². The minimum atomic E-state index is -3.74. The predicted molar refractivity (Wildman–Crippen MR) is 151 cm³/mol. The lowest BCUT2D eigenvalue weighted by Gasteiger charge is -2.37. The van der Waals surface area contributed by atoms with Gasteiger partial charge < -0.3 is 18.9 Å². The van der Waals surface area contributed by atoms with Gasteiger partial charge in [-0.3, -0.25) is 4.79 Å². The Morgan fingerprint density at radius 2 is 1.79 bits per heavy atom. The average molecular weight is 554 g/mol. The number of amides is 1. The molecule has 39 heavy (non-hydrogen) atoms. The van der Waals surface area contributed by atoms with Crippen molar-refractivity contribution in [2.45, 2.75) is 51.1 Å². The maximum Gasteiger partial charge on any atom is 0.249 e. The van der Waals surface area contributed by atoms with E-state index >= 15 is 0 Å². The summed E-state index contributed by atoms with van der Waals surface area (Å²) >= 11 is 0. The second kappa shape index (κ2) is 12.4. The van der Waals surface area contributed by atoms with E-state index in [4.69, 9.17) is 9.47 Å². The first-order valence-corrected chi connectivity index (χ1v) is 14.8. The van der Waals surface area contributed by atoms with Crippen molar-refractivity contribution in [3.8, 4) is 5.75 Å². The lowest BCUT2D eigenvalue weighted by Crippen LogP contribution is -2.44. The Bertz CT molecular complexity index is 1400. The molecular formula is C30H39N3O5S. The highest BCUT2D eigenvalue weighted by Crippen LogP contribution is 2.32. The number of aryl methyl sites for hydroxylation is 2. The number of hydrogen-bond acceptors (Lipinski definition) is 5. The number of sulfonamides is 1. The molecule has 8 nitrogen and oxygen atoms in total. The summed E-state index contributed by atoms with van der Waals surface area (Å²) in [6.45, 7) is 6.96. The van der Waals surface area contributed by atoms with E-state index in [1.54, 1.807) is 27.0 Å². The first-order valence-electron chi connectivity index (χ1n) is 13.3. The average Bonchev–Trinajstić information content (AvgIpc) is 3.41. The minimum absolute atomic E-state index is 0.0302. The van der Waals surface area contributed by atoms with E-state index in [1.807, 2.05) is 36.1 Å². The van der Waals surface area contributed by atoms with Gasteiger partial charge in [0.2, 0.25) is 15.9 Å². The van der Waals surface area contributed by atoms with Crippen molar-refractivity contribution < 1.29 is 22.7 Å². The van der Waals surface area contributed by atoms with Crippen LogP contribution in [-0.4, -0.2) is 68.6 Å². The zero-order chi connectivity index (χ0) is 28.2. The Kier molecular flexibility index (Phi) is 9.15. The third-order valence-electron chi connectivity index (χ3n) is 7.68. The standard InChI is InChI=1S/C30H39N3O5S/c1-22-20-28(37-5)23(2)24(3)30(22)39(35,36)31(4)18-19-38-21-29(34)33-17-16-32-15-9-12-26(32)27(33)14-13-25-10-7-6-8-11-25/h6-12,15,20,27H,13-14,16-19,21H2,1-5H3. The minimum Gasteiger partial charge on any atom is -0.496 e. The van der Waals surface area contributed by atoms with Crippen LogP contribution < -0.4 is 4.74 Å². The third kappa shape index (κ3) is 6.21. The van der Waals surface area contributed by atoms with Crippen molar-refractivity contribution in [3.63, 3.8) is 0 Å². The van der Waals surface area contributed by atoms with E-state index in [1.165, 1.54) is 16.9 Å². The number of ether oxygens (including phenoxy) is 2. The van der Waals surface area contributed by atoms with E-state index in [9.17, 15) is 13.2 Å². The Labute approximate surface area is 232 Å². The molecule has 0 radical (unpaired) electrons. The number of aromatic nitrogens is 1. The number of carbonyl (C=O) groups excluding carboxylic acids is 1. The molecule has 0 N–H and O–H groups in total. The molecule has 2 aromatic carbocycles. The molecule has 9 heteroatoms. The second-order valence-electron chi connectivity index (χ2n) is 10.1. The van der Waals surface area contributed by atoms with Gasteiger partial charge in [-0.2, -0.15) is 4.31 Å². The summed E-state index contributed by atoms with van der Waals surface area (Å²) in [7, 11) is -0.623. The van der Waals surface area contributed by atoms with Crippen LogP contribution in [0.1, 0.15) is 40.4 Å². The van der Waals surface area contributed by atoms with E-state index in [0.29, 0.717) is 23.4 Å². The number of nitrogens with zero attached hydrogens (tertiary/aromatic N) is 3. The maximum atomic E-state index is 13.4. The highest BCUT2D eigenvalue weighted by atomic mass is 32.2. The fourth-order valence-electron chi connectivity index (χ4n) is 5.36. The van der Waals surface area contributed by atoms with Gasteiger partial charge in [0, 0.05) is 38.6 Å². The van der Waals surface area contributed by atoms with Gasteiger partial charge in [0.05, 0.1) is 24.7 Å². The molecule has 1 aliphatic heterocycles. The number of hydrogen-bond donors (Lipinski definition) is 0. The molecule has 0 saturated heterocycles. The molecule has 1 unspecified atom stereocenters. The van der Waals surface area contributed by atoms with Crippen LogP contribution in [0, 0.1) is 20.8 Å². The van der Waals surface area contributed by atoms with Crippen molar-refractivity contribution in [2.24, 2.45) is 0 Å². The highest BCUT2D eigenvalue weighted by Gasteiger charge is 2.31. The first-order chi connectivity index (χ1) is 18.6. The number of fused-ring (bicyclic) bond motifs is 1. The normalized spacial score (nSPS) is 15.4. The molecule has 3 aromatic rings. The zero-order valence-electron chi connectivity index (χ0n) is 23.5. The van der Waals surface area contributed by atoms with Crippen molar-refractivity contribution in [2.75, 3.05) is 40.5 Å². The topological polar surface area (TPSA) is 81.1 Å². The fourth-order valence-corrected chi connectivity index (χ4v) is 6.99. The van der Waals surface area contributed by atoms with Crippen LogP contribution in [0.4, 0.5) is 0 Å². The van der Waals surface area contributed by atoms with E-state index in [0.717, 1.165) is 30.6 Å². The summed E-state index contributed by atoms with van der Waals surface area (Å²) in [5, 5.41) is 0. The van der Waals surface area contributed by atoms with Crippen LogP contribution in [0.5, 0.6) is 5.75 Å². The fraction of sp³-hybridized carbons (Fsp3) is 0.433. The van der Waals surface area contributed by atoms with Crippen molar-refractivity contribution in [3.05, 3.63) is 82.7 Å². The van der Waals surface area contributed by atoms with Crippen LogP contribution >= 0.6 is 0 Å². The lowest BCUT2D eigenvalue weighted by atomic mass is 10.00. The van der Waals surface area contributed by atoms with Gasteiger partial charge in [-0.15, -0.1) is 0 Å². The molecule has 1 aliphatic rings. The van der Waals surface area contributed by atoms with Crippen LogP contribution in [-0.2, 0) is 32.5 Å². The second-order valence-corrected chi connectivity index (χ2v) is 12.1. The summed E-state index contributed by atoms with van der Waals surface area (Å²) < 4.78 is 41.4. The van der Waals surface area contributed by atoms with Crippen molar-refractivity contribution >= 4 is 15.9 Å². The maximum absolute atomic E-state index is 13.4. The Balaban J connectivity index is 1.36. The molecule has 210 valence electrons. The van der Waals surface area contributed by atoms with Gasteiger partial charge in [0.15, 0.2) is 0 Å². The molecule has 2 heterocycles. The molecule has 4 rings (SSSR count). The highest BCUT2D eigenvalue weighted by molar-refractivity contribution is 7.89. The number of carbonyl (C=O) groups is 1. The quantitative estimate of drug-likeness (QED) is 0.331. The van der Waals surface area contributed by atoms with Gasteiger partial charge in [-0.25, -0.2) is 8.42 Å². The zero-order valence-corrected chi connectivity index (χ0v) is 24.3. The smallest absolute Gasteiger partial charge is 0.249 e. The molecule has 0 bridgehead atoms. The van der Waals surface area contributed by atoms with Crippen molar-refractivity contribution in [1.29, 1.82) is 0 Å². The van der Waals surface area contributed by atoms with Crippen molar-refractivity contribution in [1.82, 2.24) is 13.8 Å². The summed E-state index contributed by atoms with van der Waals surface area (Å²) in [4.78, 5) is 15.4. The Hall–Kier alpha value is -3.14. The van der Waals surface area contributed by atoms with Crippen LogP contribution in [0.2, 0.25) is 0 Å². The number of rotatable bonds is 11. The Morgan fingerprint density at radius 1 is 1.05 bits per heavy atom. The Morgan fingerprint density at radius 3 is 2.51 bits per heavy atom. The molecular weight excluding hydrogens is 514 g/mol. The van der Waals surface area contributed by atoms with Gasteiger partial charge in [-0.1, -0.05) is 30.3 Å². The largest absolute Gasteiger partial charge is 0.496 e. The predicted octanol–water partition coefficient (Wildman–Crippen LogP) is 4.28. The number of likely N-dealkylation sites (N-methyl/N-ethyl adjacent to an activating group) is 1. The third-order valence-corrected chi connectivity index (χ3v) is 9.82. The molecule has 1 amide bonds. The van der Waals surface area contributed by atoms with Crippen LogP contribution in [0.25, 0.3) is 0 Å². The molecule has 0 aliphatic carbocycles.